The first-order valence-electron chi connectivity index (χ1n) is 4.38. The number of thioether (sulfide) groups is 2. The Balaban J connectivity index is 2.72. The number of para-hydroxylation sites is 1. The van der Waals surface area contributed by atoms with Gasteiger partial charge in [-0.1, -0.05) is 12.1 Å². The third kappa shape index (κ3) is 4.05. The van der Waals surface area contributed by atoms with Crippen molar-refractivity contribution in [1.29, 1.82) is 0 Å². The molecule has 1 amide bonds. The summed E-state index contributed by atoms with van der Waals surface area (Å²) < 4.78 is 5.11. The number of carbonyl (C=O) groups excluding carboxylic acids is 1. The molecule has 0 aromatic heterocycles. The standard InChI is InChI=1S/C10H13NO2S2/c1-11-10(12)13-8-5-3-4-6-9(8)15-7-14-2/h3-6H,7H2,1-2H3,(H,11,12). The molecule has 1 rings (SSSR count). The third-order valence-electron chi connectivity index (χ3n) is 1.59. The maximum atomic E-state index is 11.1. The zero-order valence-electron chi connectivity index (χ0n) is 8.65. The van der Waals surface area contributed by atoms with E-state index in [-0.39, 0.29) is 0 Å². The third-order valence-corrected chi connectivity index (χ3v) is 3.65. The van der Waals surface area contributed by atoms with E-state index < -0.39 is 6.09 Å². The molecule has 82 valence electrons. The topological polar surface area (TPSA) is 38.3 Å². The van der Waals surface area contributed by atoms with E-state index >= 15 is 0 Å². The van der Waals surface area contributed by atoms with Crippen molar-refractivity contribution in [3.8, 4) is 5.75 Å². The molecule has 0 aliphatic carbocycles. The molecule has 0 radical (unpaired) electrons. The Morgan fingerprint density at radius 2 is 2.20 bits per heavy atom. The van der Waals surface area contributed by atoms with E-state index in [1.54, 1.807) is 36.6 Å². The van der Waals surface area contributed by atoms with Crippen molar-refractivity contribution < 1.29 is 9.53 Å². The maximum absolute atomic E-state index is 11.1. The van der Waals surface area contributed by atoms with Gasteiger partial charge < -0.3 is 10.1 Å². The fourth-order valence-corrected chi connectivity index (χ4v) is 2.33. The van der Waals surface area contributed by atoms with Crippen LogP contribution in [0.5, 0.6) is 5.75 Å². The second-order valence-electron chi connectivity index (χ2n) is 2.64. The highest BCUT2D eigenvalue weighted by Crippen LogP contribution is 2.30. The van der Waals surface area contributed by atoms with Crippen molar-refractivity contribution in [2.45, 2.75) is 4.90 Å². The number of hydrogen-bond donors (Lipinski definition) is 1. The van der Waals surface area contributed by atoms with E-state index in [9.17, 15) is 4.79 Å². The molecule has 3 nitrogen and oxygen atoms in total. The summed E-state index contributed by atoms with van der Waals surface area (Å²) in [6.45, 7) is 0. The molecule has 0 aliphatic rings. The lowest BCUT2D eigenvalue weighted by molar-refractivity contribution is 0.202. The smallest absolute Gasteiger partial charge is 0.409 e. The Hall–Kier alpha value is -0.810. The van der Waals surface area contributed by atoms with E-state index in [0.717, 1.165) is 9.98 Å². The molecule has 0 fully saturated rings. The van der Waals surface area contributed by atoms with Crippen LogP contribution >= 0.6 is 23.5 Å². The van der Waals surface area contributed by atoms with E-state index in [4.69, 9.17) is 4.74 Å². The predicted octanol–water partition coefficient (Wildman–Crippen LogP) is 2.82. The Morgan fingerprint density at radius 1 is 1.47 bits per heavy atom. The van der Waals surface area contributed by atoms with Crippen molar-refractivity contribution in [3.63, 3.8) is 0 Å². The summed E-state index contributed by atoms with van der Waals surface area (Å²) in [5, 5.41) is 3.36. The first kappa shape index (κ1) is 12.3. The first-order chi connectivity index (χ1) is 7.27. The van der Waals surface area contributed by atoms with Gasteiger partial charge in [0.2, 0.25) is 0 Å². The summed E-state index contributed by atoms with van der Waals surface area (Å²) in [7, 11) is 1.54. The fraction of sp³-hybridized carbons (Fsp3) is 0.300. The van der Waals surface area contributed by atoms with Crippen LogP contribution in [-0.2, 0) is 0 Å². The first-order valence-corrected chi connectivity index (χ1v) is 6.76. The quantitative estimate of drug-likeness (QED) is 0.652. The Kier molecular flexibility index (Phi) is 5.42. The van der Waals surface area contributed by atoms with Gasteiger partial charge >= 0.3 is 6.09 Å². The predicted molar refractivity (Wildman–Crippen MR) is 65.8 cm³/mol. The van der Waals surface area contributed by atoms with Gasteiger partial charge in [-0.25, -0.2) is 4.79 Å². The van der Waals surface area contributed by atoms with Crippen molar-refractivity contribution in [2.24, 2.45) is 0 Å². The molecule has 0 bridgehead atoms. The minimum Gasteiger partial charge on any atom is -0.409 e. The summed E-state index contributed by atoms with van der Waals surface area (Å²) in [4.78, 5) is 12.0. The van der Waals surface area contributed by atoms with Gasteiger partial charge in [0.05, 0.1) is 4.90 Å². The van der Waals surface area contributed by atoms with Crippen LogP contribution in [0.1, 0.15) is 0 Å². The number of carbonyl (C=O) groups is 1. The lowest BCUT2D eigenvalue weighted by Gasteiger charge is -2.08. The van der Waals surface area contributed by atoms with Crippen LogP contribution < -0.4 is 10.1 Å². The van der Waals surface area contributed by atoms with E-state index in [0.29, 0.717) is 5.75 Å². The van der Waals surface area contributed by atoms with Crippen molar-refractivity contribution in [1.82, 2.24) is 5.32 Å². The van der Waals surface area contributed by atoms with Crippen LogP contribution in [0, 0.1) is 0 Å². The van der Waals surface area contributed by atoms with E-state index in [1.165, 1.54) is 0 Å². The lowest BCUT2D eigenvalue weighted by atomic mass is 10.3. The highest BCUT2D eigenvalue weighted by atomic mass is 32.2. The van der Waals surface area contributed by atoms with E-state index in [1.807, 2.05) is 24.5 Å². The molecule has 0 unspecified atom stereocenters. The molecule has 15 heavy (non-hydrogen) atoms. The molecule has 0 saturated heterocycles. The minimum absolute atomic E-state index is 0.438. The van der Waals surface area contributed by atoms with Gasteiger partial charge in [0.15, 0.2) is 0 Å². The molecule has 0 spiro atoms. The molecule has 5 heteroatoms. The summed E-state index contributed by atoms with van der Waals surface area (Å²) in [5.74, 6) is 0.607. The van der Waals surface area contributed by atoms with Crippen LogP contribution in [0.25, 0.3) is 0 Å². The van der Waals surface area contributed by atoms with Crippen LogP contribution in [0.2, 0.25) is 0 Å². The minimum atomic E-state index is -0.438. The highest BCUT2D eigenvalue weighted by Gasteiger charge is 2.06. The number of nitrogens with one attached hydrogen (secondary N) is 1. The average Bonchev–Trinajstić information content (AvgIpc) is 2.28. The van der Waals surface area contributed by atoms with Gasteiger partial charge in [0.1, 0.15) is 5.75 Å². The number of amides is 1. The number of benzene rings is 1. The second-order valence-corrected chi connectivity index (χ2v) is 4.89. The van der Waals surface area contributed by atoms with Crippen LogP contribution in [0.15, 0.2) is 29.2 Å². The molecule has 1 aromatic rings. The van der Waals surface area contributed by atoms with Crippen molar-refractivity contribution >= 4 is 29.6 Å². The fourth-order valence-electron chi connectivity index (χ4n) is 0.927. The van der Waals surface area contributed by atoms with Crippen molar-refractivity contribution in [2.75, 3.05) is 18.4 Å². The van der Waals surface area contributed by atoms with Gasteiger partial charge in [0, 0.05) is 12.1 Å². The molecule has 1 N–H and O–H groups in total. The van der Waals surface area contributed by atoms with Gasteiger partial charge in [-0.15, -0.1) is 11.8 Å². The van der Waals surface area contributed by atoms with Crippen molar-refractivity contribution in [3.05, 3.63) is 24.3 Å². The number of hydrogen-bond acceptors (Lipinski definition) is 4. The summed E-state index contributed by atoms with van der Waals surface area (Å²) in [6.07, 6.45) is 1.60. The molecule has 0 atom stereocenters. The molecule has 0 aliphatic heterocycles. The van der Waals surface area contributed by atoms with E-state index in [2.05, 4.69) is 5.32 Å². The highest BCUT2D eigenvalue weighted by molar-refractivity contribution is 8.15. The zero-order chi connectivity index (χ0) is 11.1. The normalized spacial score (nSPS) is 9.73. The Morgan fingerprint density at radius 3 is 2.87 bits per heavy atom. The molecule has 0 saturated carbocycles. The number of rotatable bonds is 4. The van der Waals surface area contributed by atoms with Crippen LogP contribution in [-0.4, -0.2) is 24.5 Å². The zero-order valence-corrected chi connectivity index (χ0v) is 10.3. The van der Waals surface area contributed by atoms with Gasteiger partial charge in [-0.3, -0.25) is 0 Å². The van der Waals surface area contributed by atoms with Gasteiger partial charge in [-0.2, -0.15) is 11.8 Å². The van der Waals surface area contributed by atoms with Crippen LogP contribution in [0.4, 0.5) is 4.79 Å². The van der Waals surface area contributed by atoms with Gasteiger partial charge in [-0.05, 0) is 18.4 Å². The molecule has 1 aromatic carbocycles. The second kappa shape index (κ2) is 6.63. The summed E-state index contributed by atoms with van der Waals surface area (Å²) in [6, 6.07) is 7.51. The Bertz CT molecular complexity index is 331. The monoisotopic (exact) mass is 243 g/mol. The largest absolute Gasteiger partial charge is 0.412 e. The van der Waals surface area contributed by atoms with Gasteiger partial charge in [0.25, 0.3) is 0 Å². The molecular weight excluding hydrogens is 230 g/mol. The molecular formula is C10H13NO2S2. The maximum Gasteiger partial charge on any atom is 0.412 e. The summed E-state index contributed by atoms with van der Waals surface area (Å²) in [5.41, 5.74) is 0. The lowest BCUT2D eigenvalue weighted by Crippen LogP contribution is -2.22. The SMILES string of the molecule is CNC(=O)Oc1ccccc1SCSC. The average molecular weight is 243 g/mol. The summed E-state index contributed by atoms with van der Waals surface area (Å²) >= 11 is 3.39. The number of ether oxygens (including phenoxy) is 1. The van der Waals surface area contributed by atoms with Crippen LogP contribution in [0.3, 0.4) is 0 Å². The Labute approximate surface area is 98.0 Å². The molecule has 0 heterocycles.